The lowest BCUT2D eigenvalue weighted by atomic mass is 9.99. The van der Waals surface area contributed by atoms with Gasteiger partial charge in [-0.05, 0) is 32.1 Å². The third kappa shape index (κ3) is 31.2. The molecule has 59 heavy (non-hydrogen) atoms. The number of hydrogen-bond donors (Lipinski definition) is 6. The third-order valence-corrected chi connectivity index (χ3v) is 12.0. The van der Waals surface area contributed by atoms with Gasteiger partial charge in [-0.3, -0.25) is 4.79 Å². The molecule has 0 aromatic carbocycles. The van der Waals surface area contributed by atoms with Crippen LogP contribution in [0.3, 0.4) is 0 Å². The van der Waals surface area contributed by atoms with Crippen LogP contribution in [0.4, 0.5) is 0 Å². The molecule has 6 N–H and O–H groups in total. The van der Waals surface area contributed by atoms with Gasteiger partial charge in [-0.1, -0.05) is 218 Å². The molecule has 1 rings (SSSR count). The van der Waals surface area contributed by atoms with E-state index in [9.17, 15) is 30.3 Å². The van der Waals surface area contributed by atoms with Crippen molar-refractivity contribution in [2.45, 2.75) is 275 Å². The maximum absolute atomic E-state index is 13.0. The molecule has 0 saturated carbocycles. The normalized spacial score (nSPS) is 20.8. The van der Waals surface area contributed by atoms with E-state index in [0.29, 0.717) is 6.42 Å². The van der Waals surface area contributed by atoms with Gasteiger partial charge in [-0.15, -0.1) is 0 Å². The Morgan fingerprint density at radius 1 is 0.559 bits per heavy atom. The Balaban J connectivity index is 2.26. The van der Waals surface area contributed by atoms with Crippen molar-refractivity contribution in [3.8, 4) is 0 Å². The number of ether oxygens (including phenoxy) is 2. The van der Waals surface area contributed by atoms with Crippen molar-refractivity contribution in [1.29, 1.82) is 0 Å². The summed E-state index contributed by atoms with van der Waals surface area (Å²) in [6.45, 7) is 3.76. The molecule has 1 amide bonds. The van der Waals surface area contributed by atoms with E-state index in [2.05, 4.69) is 31.3 Å². The Labute approximate surface area is 362 Å². The Hall–Kier alpha value is -1.33. The first-order valence-corrected chi connectivity index (χ1v) is 25.1. The highest BCUT2D eigenvalue weighted by Gasteiger charge is 2.44. The first-order chi connectivity index (χ1) is 28.8. The van der Waals surface area contributed by atoms with Gasteiger partial charge in [0.2, 0.25) is 5.91 Å². The summed E-state index contributed by atoms with van der Waals surface area (Å²) in [6.07, 6.45) is 42.4. The quantitative estimate of drug-likeness (QED) is 0.0263. The molecule has 1 fully saturated rings. The first-order valence-electron chi connectivity index (χ1n) is 25.1. The number of hydrogen-bond acceptors (Lipinski definition) is 8. The summed E-state index contributed by atoms with van der Waals surface area (Å²) in [5.41, 5.74) is 0. The Morgan fingerprint density at radius 2 is 0.966 bits per heavy atom. The summed E-state index contributed by atoms with van der Waals surface area (Å²) in [4.78, 5) is 13.0. The van der Waals surface area contributed by atoms with E-state index in [1.165, 1.54) is 173 Å². The van der Waals surface area contributed by atoms with Gasteiger partial charge >= 0.3 is 0 Å². The van der Waals surface area contributed by atoms with Gasteiger partial charge in [-0.25, -0.2) is 0 Å². The average molecular weight is 838 g/mol. The topological polar surface area (TPSA) is 149 Å². The average Bonchev–Trinajstić information content (AvgIpc) is 3.23. The summed E-state index contributed by atoms with van der Waals surface area (Å²) in [7, 11) is 0. The monoisotopic (exact) mass is 838 g/mol. The van der Waals surface area contributed by atoms with Crippen molar-refractivity contribution < 1.29 is 39.8 Å². The third-order valence-electron chi connectivity index (χ3n) is 12.0. The Kier molecular flexibility index (Phi) is 38.4. The zero-order valence-electron chi connectivity index (χ0n) is 38.3. The molecule has 1 heterocycles. The van der Waals surface area contributed by atoms with Crippen LogP contribution in [0.15, 0.2) is 24.3 Å². The molecule has 0 aliphatic carbocycles. The molecule has 0 radical (unpaired) electrons. The number of carbonyl (C=O) groups excluding carboxylic acids is 1. The predicted octanol–water partition coefficient (Wildman–Crippen LogP) is 11.1. The zero-order chi connectivity index (χ0) is 43.0. The highest BCUT2D eigenvalue weighted by molar-refractivity contribution is 5.76. The Morgan fingerprint density at radius 3 is 1.42 bits per heavy atom. The maximum atomic E-state index is 13.0. The molecular formula is C50H95NO8. The fraction of sp³-hybridized carbons (Fsp3) is 0.900. The lowest BCUT2D eigenvalue weighted by Crippen LogP contribution is -2.60. The fourth-order valence-electron chi connectivity index (χ4n) is 8.00. The van der Waals surface area contributed by atoms with Crippen LogP contribution < -0.4 is 5.32 Å². The lowest BCUT2D eigenvalue weighted by molar-refractivity contribution is -0.302. The summed E-state index contributed by atoms with van der Waals surface area (Å²) in [5.74, 6) is -0.184. The van der Waals surface area contributed by atoms with Gasteiger partial charge in [0, 0.05) is 6.42 Å². The van der Waals surface area contributed by atoms with E-state index in [4.69, 9.17) is 9.47 Å². The standard InChI is InChI=1S/C50H95NO8/c1-3-5-7-9-11-13-15-17-18-19-20-21-22-23-24-25-26-28-30-32-34-36-38-40-46(54)51-43(42-58-50-49(57)48(56)47(55)45(41-52)59-50)44(53)39-37-35-33-31-29-27-16-14-12-10-8-6-4-2/h29,31,37,39,43-45,47-50,52-53,55-57H,3-28,30,32-36,38,40-42H2,1-2H3,(H,51,54)/b31-29+,39-37+/t43-,44+,45-,47-,48?,49?,50-/m0/s1. The summed E-state index contributed by atoms with van der Waals surface area (Å²) < 4.78 is 11.2. The first kappa shape index (κ1) is 55.7. The van der Waals surface area contributed by atoms with Crippen molar-refractivity contribution in [3.05, 3.63) is 24.3 Å². The number of allylic oxidation sites excluding steroid dienone is 3. The van der Waals surface area contributed by atoms with Crippen molar-refractivity contribution in [2.75, 3.05) is 13.2 Å². The second-order valence-corrected chi connectivity index (χ2v) is 17.6. The molecule has 7 atom stereocenters. The van der Waals surface area contributed by atoms with Crippen LogP contribution in [0.1, 0.15) is 232 Å². The number of nitrogens with one attached hydrogen (secondary N) is 1. The molecular weight excluding hydrogens is 743 g/mol. The van der Waals surface area contributed by atoms with Crippen LogP contribution >= 0.6 is 0 Å². The van der Waals surface area contributed by atoms with Gasteiger partial charge in [0.1, 0.15) is 24.4 Å². The van der Waals surface area contributed by atoms with E-state index < -0.39 is 49.5 Å². The number of carbonyl (C=O) groups is 1. The van der Waals surface area contributed by atoms with Crippen LogP contribution in [-0.2, 0) is 14.3 Å². The second-order valence-electron chi connectivity index (χ2n) is 17.6. The van der Waals surface area contributed by atoms with Crippen molar-refractivity contribution in [2.24, 2.45) is 0 Å². The molecule has 1 saturated heterocycles. The number of aliphatic hydroxyl groups excluding tert-OH is 5. The Bertz CT molecular complexity index is 977. The molecule has 0 bridgehead atoms. The van der Waals surface area contributed by atoms with Gasteiger partial charge in [0.15, 0.2) is 6.29 Å². The van der Waals surface area contributed by atoms with Crippen LogP contribution in [0, 0.1) is 0 Å². The summed E-state index contributed by atoms with van der Waals surface area (Å²) >= 11 is 0. The van der Waals surface area contributed by atoms with Gasteiger partial charge < -0.3 is 40.3 Å². The smallest absolute Gasteiger partial charge is 0.220 e. The molecule has 9 heteroatoms. The van der Waals surface area contributed by atoms with Crippen molar-refractivity contribution >= 4 is 5.91 Å². The highest BCUT2D eigenvalue weighted by Crippen LogP contribution is 2.23. The molecule has 9 nitrogen and oxygen atoms in total. The molecule has 2 unspecified atom stereocenters. The fourth-order valence-corrected chi connectivity index (χ4v) is 8.00. The molecule has 0 aromatic rings. The van der Waals surface area contributed by atoms with Crippen LogP contribution in [0.2, 0.25) is 0 Å². The van der Waals surface area contributed by atoms with Crippen LogP contribution in [0.25, 0.3) is 0 Å². The summed E-state index contributed by atoms with van der Waals surface area (Å²) in [6, 6.07) is -0.816. The SMILES string of the molecule is CCCCCCCCC/C=C/CC/C=C/[C@@H](O)[C@H](CO[C@H]1O[C@@H](CO)[C@H](O)C(O)C1O)NC(=O)CCCCCCCCCCCCCCCCCCCCCCCCC. The van der Waals surface area contributed by atoms with E-state index in [-0.39, 0.29) is 12.5 Å². The molecule has 0 spiro atoms. The van der Waals surface area contributed by atoms with Gasteiger partial charge in [0.05, 0.1) is 25.4 Å². The molecule has 1 aliphatic heterocycles. The lowest BCUT2D eigenvalue weighted by Gasteiger charge is -2.40. The predicted molar refractivity (Wildman–Crippen MR) is 244 cm³/mol. The number of rotatable bonds is 42. The van der Waals surface area contributed by atoms with E-state index in [0.717, 1.165) is 38.5 Å². The molecule has 1 aliphatic rings. The van der Waals surface area contributed by atoms with E-state index >= 15 is 0 Å². The zero-order valence-corrected chi connectivity index (χ0v) is 38.3. The minimum atomic E-state index is -1.57. The van der Waals surface area contributed by atoms with Gasteiger partial charge in [0.25, 0.3) is 0 Å². The van der Waals surface area contributed by atoms with Crippen molar-refractivity contribution in [1.82, 2.24) is 5.32 Å². The highest BCUT2D eigenvalue weighted by atomic mass is 16.7. The largest absolute Gasteiger partial charge is 0.394 e. The van der Waals surface area contributed by atoms with Crippen LogP contribution in [0.5, 0.6) is 0 Å². The van der Waals surface area contributed by atoms with E-state index in [1.54, 1.807) is 6.08 Å². The van der Waals surface area contributed by atoms with Gasteiger partial charge in [-0.2, -0.15) is 0 Å². The van der Waals surface area contributed by atoms with Crippen LogP contribution in [-0.4, -0.2) is 87.5 Å². The van der Waals surface area contributed by atoms with E-state index in [1.807, 2.05) is 6.08 Å². The number of aliphatic hydroxyl groups is 5. The minimum Gasteiger partial charge on any atom is -0.394 e. The second kappa shape index (κ2) is 40.7. The summed E-state index contributed by atoms with van der Waals surface area (Å²) in [5, 5.41) is 54.2. The maximum Gasteiger partial charge on any atom is 0.220 e. The number of amides is 1. The minimum absolute atomic E-state index is 0.184. The number of unbranched alkanes of at least 4 members (excludes halogenated alkanes) is 30. The van der Waals surface area contributed by atoms with Crippen molar-refractivity contribution in [3.63, 3.8) is 0 Å². The molecule has 0 aromatic heterocycles. The molecule has 348 valence electrons.